The van der Waals surface area contributed by atoms with Crippen LogP contribution in [-0.4, -0.2) is 33.6 Å². The van der Waals surface area contributed by atoms with Crippen molar-refractivity contribution in [2.24, 2.45) is 11.8 Å². The second-order valence-electron chi connectivity index (χ2n) is 4.14. The maximum absolute atomic E-state index is 9.61. The maximum Gasteiger partial charge on any atom is 0.0854 e. The third kappa shape index (κ3) is 1.16. The summed E-state index contributed by atoms with van der Waals surface area (Å²) in [5.74, 6) is 0.0347. The minimum atomic E-state index is -0.693. The highest BCUT2D eigenvalue weighted by Gasteiger charge is 2.44. The number of aliphatic hydroxyl groups excluding tert-OH is 3. The molecule has 12 heavy (non-hydrogen) atoms. The third-order valence-corrected chi connectivity index (χ3v) is 3.42. The Balaban J connectivity index is 2.20. The second-order valence-corrected chi connectivity index (χ2v) is 4.14. The van der Waals surface area contributed by atoms with Crippen LogP contribution < -0.4 is 0 Å². The fourth-order valence-corrected chi connectivity index (χ4v) is 2.65. The topological polar surface area (TPSA) is 60.7 Å². The first-order chi connectivity index (χ1) is 5.70. The molecule has 3 nitrogen and oxygen atoms in total. The molecule has 5 unspecified atom stereocenters. The van der Waals surface area contributed by atoms with E-state index in [1.165, 1.54) is 0 Å². The van der Waals surface area contributed by atoms with Gasteiger partial charge in [-0.3, -0.25) is 0 Å². The zero-order chi connectivity index (χ0) is 8.72. The van der Waals surface area contributed by atoms with Crippen molar-refractivity contribution in [2.75, 3.05) is 0 Å². The number of fused-ring (bicyclic) bond motifs is 4. The Kier molecular flexibility index (Phi) is 2.10. The van der Waals surface area contributed by atoms with Gasteiger partial charge >= 0.3 is 0 Å². The standard InChI is InChI=1S/C9H16O3/c10-7-4-5-2-1-3-6(7)9(12)8(5)11/h5-12H,1-4H2. The summed E-state index contributed by atoms with van der Waals surface area (Å²) in [5.41, 5.74) is 0. The lowest BCUT2D eigenvalue weighted by molar-refractivity contribution is -0.114. The van der Waals surface area contributed by atoms with Crippen molar-refractivity contribution in [2.45, 2.75) is 44.0 Å². The van der Waals surface area contributed by atoms with Crippen LogP contribution in [-0.2, 0) is 0 Å². The summed E-state index contributed by atoms with van der Waals surface area (Å²) in [6, 6.07) is 0. The first-order valence-corrected chi connectivity index (χ1v) is 4.74. The molecule has 0 amide bonds. The van der Waals surface area contributed by atoms with Crippen LogP contribution in [0.25, 0.3) is 0 Å². The molecule has 0 aromatic heterocycles. The van der Waals surface area contributed by atoms with E-state index in [4.69, 9.17) is 0 Å². The Morgan fingerprint density at radius 3 is 2.42 bits per heavy atom. The average Bonchev–Trinajstić information content (AvgIpc) is 2.29. The van der Waals surface area contributed by atoms with E-state index in [0.29, 0.717) is 6.42 Å². The summed E-state index contributed by atoms with van der Waals surface area (Å²) in [4.78, 5) is 0. The van der Waals surface area contributed by atoms with Crippen LogP contribution in [0.4, 0.5) is 0 Å². The van der Waals surface area contributed by atoms with Crippen molar-refractivity contribution in [3.8, 4) is 0 Å². The molecule has 2 bridgehead atoms. The van der Waals surface area contributed by atoms with Crippen LogP contribution in [0.5, 0.6) is 0 Å². The van der Waals surface area contributed by atoms with Gasteiger partial charge in [0.25, 0.3) is 0 Å². The normalized spacial score (nSPS) is 53.8. The van der Waals surface area contributed by atoms with Crippen LogP contribution in [0.3, 0.4) is 0 Å². The van der Waals surface area contributed by atoms with E-state index >= 15 is 0 Å². The van der Waals surface area contributed by atoms with Crippen molar-refractivity contribution < 1.29 is 15.3 Å². The van der Waals surface area contributed by atoms with Gasteiger partial charge in [-0.05, 0) is 25.2 Å². The number of hydrogen-bond acceptors (Lipinski definition) is 3. The molecule has 0 radical (unpaired) electrons. The first kappa shape index (κ1) is 8.48. The summed E-state index contributed by atoms with van der Waals surface area (Å²) in [5, 5.41) is 28.8. The molecule has 3 saturated carbocycles. The number of hydrogen-bond donors (Lipinski definition) is 3. The van der Waals surface area contributed by atoms with Gasteiger partial charge in [0.1, 0.15) is 0 Å². The van der Waals surface area contributed by atoms with Gasteiger partial charge in [0.2, 0.25) is 0 Å². The Hall–Kier alpha value is -0.120. The molecule has 3 rings (SSSR count). The van der Waals surface area contributed by atoms with Crippen LogP contribution in [0.15, 0.2) is 0 Å². The molecule has 0 aliphatic heterocycles. The Labute approximate surface area is 72.0 Å². The fraction of sp³-hybridized carbons (Fsp3) is 1.00. The summed E-state index contributed by atoms with van der Waals surface area (Å²) >= 11 is 0. The van der Waals surface area contributed by atoms with E-state index in [-0.39, 0.29) is 11.8 Å². The molecule has 0 aromatic carbocycles. The van der Waals surface area contributed by atoms with Crippen molar-refractivity contribution in [1.29, 1.82) is 0 Å². The molecule has 0 saturated heterocycles. The SMILES string of the molecule is OC1CC2CCCC1C(O)C2O. The van der Waals surface area contributed by atoms with Crippen molar-refractivity contribution in [3.63, 3.8) is 0 Å². The van der Waals surface area contributed by atoms with Gasteiger partial charge in [0, 0.05) is 5.92 Å². The predicted octanol–water partition coefficient (Wildman–Crippen LogP) is -0.111. The van der Waals surface area contributed by atoms with E-state index in [2.05, 4.69) is 0 Å². The smallest absolute Gasteiger partial charge is 0.0854 e. The summed E-state index contributed by atoms with van der Waals surface area (Å²) in [6.45, 7) is 0. The van der Waals surface area contributed by atoms with Crippen LogP contribution in [0, 0.1) is 11.8 Å². The lowest BCUT2D eigenvalue weighted by Gasteiger charge is -2.37. The Morgan fingerprint density at radius 2 is 1.67 bits per heavy atom. The second kappa shape index (κ2) is 2.98. The molecule has 3 N–H and O–H groups in total. The third-order valence-electron chi connectivity index (χ3n) is 3.42. The number of rotatable bonds is 0. The molecule has 0 heterocycles. The van der Waals surface area contributed by atoms with Crippen molar-refractivity contribution in [3.05, 3.63) is 0 Å². The molecule has 3 aliphatic rings. The van der Waals surface area contributed by atoms with Gasteiger partial charge in [-0.25, -0.2) is 0 Å². The molecule has 3 heteroatoms. The molecular formula is C9H16O3. The monoisotopic (exact) mass is 172 g/mol. The van der Waals surface area contributed by atoms with E-state index in [0.717, 1.165) is 19.3 Å². The summed E-state index contributed by atoms with van der Waals surface area (Å²) in [6.07, 6.45) is 1.82. The highest BCUT2D eigenvalue weighted by molar-refractivity contribution is 4.94. The lowest BCUT2D eigenvalue weighted by atomic mass is 9.77. The number of aliphatic hydroxyl groups is 3. The molecule has 3 fully saturated rings. The molecule has 70 valence electrons. The molecular weight excluding hydrogens is 156 g/mol. The van der Waals surface area contributed by atoms with Gasteiger partial charge in [0.05, 0.1) is 18.3 Å². The van der Waals surface area contributed by atoms with Crippen molar-refractivity contribution >= 4 is 0 Å². The highest BCUT2D eigenvalue weighted by Crippen LogP contribution is 2.39. The zero-order valence-electron chi connectivity index (χ0n) is 7.06. The van der Waals surface area contributed by atoms with Gasteiger partial charge in [0.15, 0.2) is 0 Å². The average molecular weight is 172 g/mol. The minimum Gasteiger partial charge on any atom is -0.393 e. The first-order valence-electron chi connectivity index (χ1n) is 4.74. The minimum absolute atomic E-state index is 0.0845. The van der Waals surface area contributed by atoms with Crippen molar-refractivity contribution in [1.82, 2.24) is 0 Å². The quantitative estimate of drug-likeness (QED) is 0.478. The molecule has 0 aromatic rings. The van der Waals surface area contributed by atoms with Gasteiger partial charge in [-0.2, -0.15) is 0 Å². The summed E-state index contributed by atoms with van der Waals surface area (Å²) in [7, 11) is 0. The lowest BCUT2D eigenvalue weighted by Crippen LogP contribution is -2.47. The van der Waals surface area contributed by atoms with E-state index in [1.54, 1.807) is 0 Å². The predicted molar refractivity (Wildman–Crippen MR) is 43.5 cm³/mol. The van der Waals surface area contributed by atoms with Gasteiger partial charge in [-0.1, -0.05) is 6.42 Å². The Bertz CT molecular complexity index is 169. The zero-order valence-corrected chi connectivity index (χ0v) is 7.06. The van der Waals surface area contributed by atoms with Gasteiger partial charge < -0.3 is 15.3 Å². The maximum atomic E-state index is 9.61. The molecule has 3 aliphatic carbocycles. The highest BCUT2D eigenvalue weighted by atomic mass is 16.3. The van der Waals surface area contributed by atoms with Gasteiger partial charge in [-0.15, -0.1) is 0 Å². The molecule has 0 spiro atoms. The largest absolute Gasteiger partial charge is 0.393 e. The van der Waals surface area contributed by atoms with E-state index < -0.39 is 18.3 Å². The van der Waals surface area contributed by atoms with E-state index in [9.17, 15) is 15.3 Å². The molecule has 5 atom stereocenters. The van der Waals surface area contributed by atoms with Crippen LogP contribution in [0.1, 0.15) is 25.7 Å². The fourth-order valence-electron chi connectivity index (χ4n) is 2.65. The Morgan fingerprint density at radius 1 is 0.917 bits per heavy atom. The van der Waals surface area contributed by atoms with Crippen LogP contribution in [0.2, 0.25) is 0 Å². The van der Waals surface area contributed by atoms with E-state index in [1.807, 2.05) is 0 Å². The van der Waals surface area contributed by atoms with Crippen LogP contribution >= 0.6 is 0 Å². The summed E-state index contributed by atoms with van der Waals surface area (Å²) < 4.78 is 0.